The maximum Gasteiger partial charge on any atom is 0.330 e. The molecule has 20 heavy (non-hydrogen) atoms. The van der Waals surface area contributed by atoms with Crippen molar-refractivity contribution in [1.82, 2.24) is 9.55 Å². The summed E-state index contributed by atoms with van der Waals surface area (Å²) in [7, 11) is 0. The van der Waals surface area contributed by atoms with Crippen molar-refractivity contribution in [3.63, 3.8) is 0 Å². The molecule has 0 aliphatic carbocycles. The van der Waals surface area contributed by atoms with E-state index in [0.717, 1.165) is 23.1 Å². The smallest absolute Gasteiger partial charge is 0.330 e. The van der Waals surface area contributed by atoms with Crippen LogP contribution in [0.5, 0.6) is 0 Å². The summed E-state index contributed by atoms with van der Waals surface area (Å²) < 4.78 is 6.08. The molecule has 0 radical (unpaired) electrons. The van der Waals surface area contributed by atoms with E-state index in [1.165, 1.54) is 0 Å². The molecule has 0 amide bonds. The van der Waals surface area contributed by atoms with Crippen LogP contribution < -0.4 is 11.2 Å². The Morgan fingerprint density at radius 3 is 2.45 bits per heavy atom. The molecule has 2 heterocycles. The van der Waals surface area contributed by atoms with Crippen LogP contribution >= 0.6 is 0 Å². The normalized spacial score (nSPS) is 28.3. The van der Waals surface area contributed by atoms with E-state index in [2.05, 4.69) is 0 Å². The highest BCUT2D eigenvalue weighted by Crippen LogP contribution is 2.27. The van der Waals surface area contributed by atoms with Crippen molar-refractivity contribution in [3.8, 4) is 6.26 Å². The van der Waals surface area contributed by atoms with E-state index in [4.69, 9.17) is 20.2 Å². The number of nitrogens with zero attached hydrogens (tertiary/aromatic N) is 2. The van der Waals surface area contributed by atoms with Gasteiger partial charge in [-0.15, -0.1) is 0 Å². The Morgan fingerprint density at radius 2 is 2.00 bits per heavy atom. The first-order valence-electron chi connectivity index (χ1n) is 5.43. The van der Waals surface area contributed by atoms with Crippen LogP contribution in [0.2, 0.25) is 0 Å². The van der Waals surface area contributed by atoms with Gasteiger partial charge in [0.25, 0.3) is 11.8 Å². The van der Waals surface area contributed by atoms with Gasteiger partial charge in [0.2, 0.25) is 0 Å². The molecule has 1 aliphatic rings. The Labute approximate surface area is 111 Å². The number of hydrogen-bond donors (Lipinski definition) is 5. The zero-order valence-electron chi connectivity index (χ0n) is 10.1. The van der Waals surface area contributed by atoms with Gasteiger partial charge in [-0.05, 0) is 0 Å². The minimum Gasteiger partial charge on any atom is -0.443 e. The average molecular weight is 287 g/mol. The van der Waals surface area contributed by atoms with Gasteiger partial charge >= 0.3 is 5.69 Å². The Balaban J connectivity index is 0.000000612. The summed E-state index contributed by atoms with van der Waals surface area (Å²) in [5.74, 6) is 0. The standard InChI is InChI=1S/C9H12N2O6.CHNO/c12-3-4-6(14)7(15)8(17-4)11-2-1-5(13)10-9(11)16;2-1-3/h1-2,4,6-8,12,14-15H,3H2,(H,10,13,16);3H/t4-,6-,7-,8-;/m1./s1. The molecule has 1 saturated heterocycles. The topological polar surface area (TPSA) is 169 Å². The number of H-pyrrole nitrogens is 1. The van der Waals surface area contributed by atoms with Crippen molar-refractivity contribution in [2.75, 3.05) is 6.61 Å². The molecule has 4 atom stereocenters. The van der Waals surface area contributed by atoms with Gasteiger partial charge in [-0.3, -0.25) is 14.3 Å². The molecular weight excluding hydrogens is 274 g/mol. The molecule has 10 nitrogen and oxygen atoms in total. The van der Waals surface area contributed by atoms with Gasteiger partial charge in [-0.2, -0.15) is 5.26 Å². The molecule has 110 valence electrons. The Bertz CT molecular complexity index is 589. The molecule has 0 saturated carbocycles. The molecule has 1 aliphatic heterocycles. The lowest BCUT2D eigenvalue weighted by Crippen LogP contribution is -2.37. The highest BCUT2D eigenvalue weighted by Gasteiger charge is 2.43. The van der Waals surface area contributed by atoms with E-state index >= 15 is 0 Å². The lowest BCUT2D eigenvalue weighted by atomic mass is 10.1. The fourth-order valence-electron chi connectivity index (χ4n) is 1.74. The molecule has 0 aromatic carbocycles. The average Bonchev–Trinajstić information content (AvgIpc) is 2.67. The molecule has 5 N–H and O–H groups in total. The molecule has 2 rings (SSSR count). The third-order valence-corrected chi connectivity index (χ3v) is 2.64. The van der Waals surface area contributed by atoms with Crippen molar-refractivity contribution < 1.29 is 25.2 Å². The van der Waals surface area contributed by atoms with E-state index in [-0.39, 0.29) is 0 Å². The Morgan fingerprint density at radius 1 is 1.40 bits per heavy atom. The molecular formula is C10H13N3O7. The number of aliphatic hydroxyl groups excluding tert-OH is 4. The van der Waals surface area contributed by atoms with Gasteiger partial charge in [0.15, 0.2) is 6.23 Å². The van der Waals surface area contributed by atoms with Gasteiger partial charge in [-0.25, -0.2) is 4.79 Å². The van der Waals surface area contributed by atoms with Crippen molar-refractivity contribution in [2.45, 2.75) is 24.5 Å². The Kier molecular flexibility index (Phi) is 5.42. The quantitative estimate of drug-likeness (QED) is 0.358. The molecule has 1 aromatic heterocycles. The van der Waals surface area contributed by atoms with Crippen molar-refractivity contribution in [1.29, 1.82) is 5.26 Å². The van der Waals surface area contributed by atoms with Crippen LogP contribution in [0.4, 0.5) is 0 Å². The summed E-state index contributed by atoms with van der Waals surface area (Å²) in [6.45, 7) is -0.479. The number of nitrogens with one attached hydrogen (secondary N) is 1. The first-order chi connectivity index (χ1) is 9.46. The first kappa shape index (κ1) is 15.9. The third kappa shape index (κ3) is 3.22. The highest BCUT2D eigenvalue weighted by atomic mass is 16.6. The summed E-state index contributed by atoms with van der Waals surface area (Å²) in [5, 5.41) is 41.8. The third-order valence-electron chi connectivity index (χ3n) is 2.64. The minimum absolute atomic E-state index is 0.479. The summed E-state index contributed by atoms with van der Waals surface area (Å²) in [4.78, 5) is 24.3. The highest BCUT2D eigenvalue weighted by molar-refractivity contribution is 4.92. The van der Waals surface area contributed by atoms with E-state index in [9.17, 15) is 19.8 Å². The monoisotopic (exact) mass is 287 g/mol. The maximum absolute atomic E-state index is 11.4. The lowest BCUT2D eigenvalue weighted by molar-refractivity contribution is -0.0550. The van der Waals surface area contributed by atoms with E-state index in [1.54, 1.807) is 0 Å². The number of aromatic amines is 1. The maximum atomic E-state index is 11.4. The second-order valence-electron chi connectivity index (χ2n) is 3.85. The number of rotatable bonds is 2. The first-order valence-corrected chi connectivity index (χ1v) is 5.43. The minimum atomic E-state index is -1.35. The second kappa shape index (κ2) is 6.83. The van der Waals surface area contributed by atoms with Crippen LogP contribution in [-0.4, -0.2) is 54.9 Å². The SMILES string of the molecule is N#CO.O=c1ccn([C@@H]2O[C@H](CO)[C@@H](O)[C@H]2O)c(=O)[nH]1. The van der Waals surface area contributed by atoms with Gasteiger partial charge in [0.1, 0.15) is 18.3 Å². The fraction of sp³-hybridized carbons (Fsp3) is 0.500. The number of aromatic nitrogens is 2. The van der Waals surface area contributed by atoms with Gasteiger partial charge < -0.3 is 25.2 Å². The van der Waals surface area contributed by atoms with E-state index in [1.807, 2.05) is 4.98 Å². The molecule has 1 aromatic rings. The van der Waals surface area contributed by atoms with Crippen molar-refractivity contribution >= 4 is 0 Å². The van der Waals surface area contributed by atoms with Crippen LogP contribution in [0.25, 0.3) is 0 Å². The zero-order valence-corrected chi connectivity index (χ0v) is 10.1. The number of aliphatic hydroxyl groups is 4. The van der Waals surface area contributed by atoms with Gasteiger partial charge in [0, 0.05) is 12.3 Å². The molecule has 1 fully saturated rings. The fourth-order valence-corrected chi connectivity index (χ4v) is 1.74. The summed E-state index contributed by atoms with van der Waals surface area (Å²) >= 11 is 0. The zero-order chi connectivity index (χ0) is 15.3. The summed E-state index contributed by atoms with van der Waals surface area (Å²) in [6, 6.07) is 1.09. The summed E-state index contributed by atoms with van der Waals surface area (Å²) in [6.07, 6.45) is -2.83. The van der Waals surface area contributed by atoms with Crippen molar-refractivity contribution in [3.05, 3.63) is 33.1 Å². The van der Waals surface area contributed by atoms with Crippen LogP contribution in [0.1, 0.15) is 6.23 Å². The van der Waals surface area contributed by atoms with Crippen LogP contribution in [0.3, 0.4) is 0 Å². The molecule has 0 spiro atoms. The summed E-state index contributed by atoms with van der Waals surface area (Å²) in [5.41, 5.74) is -1.33. The van der Waals surface area contributed by atoms with Crippen LogP contribution in [0, 0.1) is 11.5 Å². The van der Waals surface area contributed by atoms with Crippen LogP contribution in [-0.2, 0) is 4.74 Å². The largest absolute Gasteiger partial charge is 0.443 e. The van der Waals surface area contributed by atoms with Gasteiger partial charge in [-0.1, -0.05) is 0 Å². The number of hydrogen-bond acceptors (Lipinski definition) is 8. The predicted octanol–water partition coefficient (Wildman–Crippen LogP) is -3.01. The van der Waals surface area contributed by atoms with Gasteiger partial charge in [0.05, 0.1) is 6.61 Å². The Hall–Kier alpha value is -2.19. The molecule has 10 heteroatoms. The second-order valence-corrected chi connectivity index (χ2v) is 3.85. The van der Waals surface area contributed by atoms with E-state index in [0.29, 0.717) is 0 Å². The van der Waals surface area contributed by atoms with Crippen LogP contribution in [0.15, 0.2) is 21.9 Å². The number of ether oxygens (including phenoxy) is 1. The van der Waals surface area contributed by atoms with E-state index < -0.39 is 42.4 Å². The molecule has 0 bridgehead atoms. The number of nitriles is 1. The van der Waals surface area contributed by atoms with Crippen molar-refractivity contribution in [2.24, 2.45) is 0 Å². The predicted molar refractivity (Wildman–Crippen MR) is 61.9 cm³/mol. The molecule has 0 unspecified atom stereocenters. The lowest BCUT2D eigenvalue weighted by Gasteiger charge is -2.16.